The first-order valence-electron chi connectivity index (χ1n) is 12.8. The molecular weight excluding hydrogens is 496 g/mol. The largest absolute Gasteiger partial charge is 0.465 e. The summed E-state index contributed by atoms with van der Waals surface area (Å²) >= 11 is 0. The summed E-state index contributed by atoms with van der Waals surface area (Å²) < 4.78 is 17.9. The maximum absolute atomic E-state index is 10.4. The van der Waals surface area contributed by atoms with Crippen LogP contribution in [0.5, 0.6) is 0 Å². The van der Waals surface area contributed by atoms with E-state index in [0.29, 0.717) is 31.2 Å². The molecule has 0 amide bonds. The molecule has 9 nitrogen and oxygen atoms in total. The maximum Gasteiger partial charge on any atom is 0.293 e. The summed E-state index contributed by atoms with van der Waals surface area (Å²) in [6.45, 7) is 5.91. The standard InChI is InChI=1S/C30H30N4O5/c1-22(36)30-31-12-13-34(30)18-27-16-29(39-32-27)26-10-8-24(9-11-26)3-2-23-4-6-25(7-5-23)17-33-14-15-38-28(19-33)20-37-21-35/h4-13,16,21-22,28,36H,14-15,17-20H2,1H3/t22-,28?/m0/s1. The Hall–Kier alpha value is -4.23. The molecule has 0 aliphatic carbocycles. The number of aliphatic hydroxyl groups is 1. The number of aliphatic hydroxyl groups excluding tert-OH is 1. The molecule has 2 atom stereocenters. The lowest BCUT2D eigenvalue weighted by atomic mass is 10.1. The summed E-state index contributed by atoms with van der Waals surface area (Å²) in [4.78, 5) is 16.9. The molecule has 200 valence electrons. The van der Waals surface area contributed by atoms with Crippen molar-refractivity contribution in [2.24, 2.45) is 0 Å². The van der Waals surface area contributed by atoms with Gasteiger partial charge in [0.15, 0.2) is 5.76 Å². The molecule has 0 bridgehead atoms. The third-order valence-corrected chi connectivity index (χ3v) is 6.47. The van der Waals surface area contributed by atoms with Gasteiger partial charge in [0.2, 0.25) is 0 Å². The fourth-order valence-electron chi connectivity index (χ4n) is 4.50. The zero-order valence-electron chi connectivity index (χ0n) is 21.7. The van der Waals surface area contributed by atoms with Gasteiger partial charge in [0.1, 0.15) is 30.3 Å². The van der Waals surface area contributed by atoms with E-state index in [2.05, 4.69) is 39.0 Å². The summed E-state index contributed by atoms with van der Waals surface area (Å²) in [5.74, 6) is 7.70. The number of imidazole rings is 1. The molecule has 1 unspecified atom stereocenters. The highest BCUT2D eigenvalue weighted by Crippen LogP contribution is 2.22. The molecule has 1 N–H and O–H groups in total. The Balaban J connectivity index is 1.16. The number of nitrogens with zero attached hydrogens (tertiary/aromatic N) is 4. The Kier molecular flexibility index (Phi) is 8.48. The first-order valence-corrected chi connectivity index (χ1v) is 12.8. The molecule has 1 aliphatic heterocycles. The molecule has 2 aromatic heterocycles. The van der Waals surface area contributed by atoms with Crippen LogP contribution >= 0.6 is 0 Å². The summed E-state index contributed by atoms with van der Waals surface area (Å²) in [6.07, 6.45) is 2.73. The molecule has 9 heteroatoms. The second-order valence-electron chi connectivity index (χ2n) is 9.45. The van der Waals surface area contributed by atoms with E-state index >= 15 is 0 Å². The molecule has 5 rings (SSSR count). The van der Waals surface area contributed by atoms with Crippen LogP contribution in [0.1, 0.15) is 41.2 Å². The van der Waals surface area contributed by atoms with Gasteiger partial charge in [0.05, 0.1) is 13.2 Å². The van der Waals surface area contributed by atoms with E-state index in [1.54, 1.807) is 13.1 Å². The van der Waals surface area contributed by atoms with Crippen molar-refractivity contribution in [3.05, 3.63) is 95.2 Å². The molecule has 2 aromatic carbocycles. The minimum Gasteiger partial charge on any atom is -0.465 e. The van der Waals surface area contributed by atoms with E-state index in [0.717, 1.165) is 42.0 Å². The van der Waals surface area contributed by atoms with Crippen molar-refractivity contribution in [1.82, 2.24) is 19.6 Å². The van der Waals surface area contributed by atoms with Crippen LogP contribution < -0.4 is 0 Å². The van der Waals surface area contributed by atoms with Gasteiger partial charge in [-0.3, -0.25) is 9.69 Å². The van der Waals surface area contributed by atoms with Gasteiger partial charge >= 0.3 is 0 Å². The lowest BCUT2D eigenvalue weighted by molar-refractivity contribution is -0.135. The number of rotatable bonds is 9. The Labute approximate surface area is 227 Å². The molecule has 0 radical (unpaired) electrons. The van der Waals surface area contributed by atoms with Gasteiger partial charge in [-0.1, -0.05) is 29.1 Å². The van der Waals surface area contributed by atoms with Crippen LogP contribution in [-0.4, -0.2) is 63.6 Å². The van der Waals surface area contributed by atoms with Crippen LogP contribution in [0.3, 0.4) is 0 Å². The molecule has 4 aromatic rings. The van der Waals surface area contributed by atoms with Crippen molar-refractivity contribution in [1.29, 1.82) is 0 Å². The topological polar surface area (TPSA) is 103 Å². The van der Waals surface area contributed by atoms with Crippen molar-refractivity contribution >= 4 is 6.47 Å². The summed E-state index contributed by atoms with van der Waals surface area (Å²) in [6, 6.07) is 18.0. The molecule has 0 spiro atoms. The highest BCUT2D eigenvalue weighted by Gasteiger charge is 2.21. The second kappa shape index (κ2) is 12.5. The third kappa shape index (κ3) is 7.00. The van der Waals surface area contributed by atoms with E-state index in [1.807, 2.05) is 53.2 Å². The van der Waals surface area contributed by atoms with Crippen LogP contribution in [0.25, 0.3) is 11.3 Å². The number of carbonyl (C=O) groups is 1. The first kappa shape index (κ1) is 26.4. The Morgan fingerprint density at radius 3 is 2.59 bits per heavy atom. The van der Waals surface area contributed by atoms with Crippen molar-refractivity contribution in [3.63, 3.8) is 0 Å². The van der Waals surface area contributed by atoms with E-state index < -0.39 is 6.10 Å². The van der Waals surface area contributed by atoms with Gasteiger partial charge in [-0.25, -0.2) is 4.98 Å². The fourth-order valence-corrected chi connectivity index (χ4v) is 4.50. The fraction of sp³-hybridized carbons (Fsp3) is 0.300. The lowest BCUT2D eigenvalue weighted by Gasteiger charge is -2.32. The predicted octanol–water partition coefficient (Wildman–Crippen LogP) is 3.41. The average Bonchev–Trinajstić information content (AvgIpc) is 3.62. The molecule has 39 heavy (non-hydrogen) atoms. The van der Waals surface area contributed by atoms with E-state index in [1.165, 1.54) is 5.56 Å². The zero-order chi connectivity index (χ0) is 27.0. The number of carbonyl (C=O) groups excluding carboxylic acids is 1. The number of hydrogen-bond acceptors (Lipinski definition) is 8. The van der Waals surface area contributed by atoms with Crippen LogP contribution in [0, 0.1) is 11.8 Å². The van der Waals surface area contributed by atoms with Gasteiger partial charge in [0, 0.05) is 54.8 Å². The molecule has 1 saturated heterocycles. The van der Waals surface area contributed by atoms with Crippen LogP contribution in [0.15, 0.2) is 71.5 Å². The van der Waals surface area contributed by atoms with Gasteiger partial charge < -0.3 is 23.7 Å². The average molecular weight is 527 g/mol. The number of aromatic nitrogens is 3. The number of hydrogen-bond donors (Lipinski definition) is 1. The molecular formula is C30H30N4O5. The number of morpholine rings is 1. The van der Waals surface area contributed by atoms with Crippen LogP contribution in [0.4, 0.5) is 0 Å². The quantitative estimate of drug-likeness (QED) is 0.262. The smallest absolute Gasteiger partial charge is 0.293 e. The van der Waals surface area contributed by atoms with Gasteiger partial charge in [-0.05, 0) is 48.9 Å². The third-order valence-electron chi connectivity index (χ3n) is 6.47. The van der Waals surface area contributed by atoms with Crippen molar-refractivity contribution in [2.75, 3.05) is 26.3 Å². The minimum absolute atomic E-state index is 0.0853. The van der Waals surface area contributed by atoms with Gasteiger partial charge in [-0.15, -0.1) is 0 Å². The maximum atomic E-state index is 10.4. The van der Waals surface area contributed by atoms with Crippen molar-refractivity contribution < 1.29 is 23.9 Å². The highest BCUT2D eigenvalue weighted by atomic mass is 16.6. The van der Waals surface area contributed by atoms with Crippen LogP contribution in [0.2, 0.25) is 0 Å². The van der Waals surface area contributed by atoms with Crippen molar-refractivity contribution in [3.8, 4) is 23.2 Å². The van der Waals surface area contributed by atoms with E-state index in [-0.39, 0.29) is 12.7 Å². The molecule has 1 aliphatic rings. The number of ether oxygens (including phenoxy) is 2. The second-order valence-corrected chi connectivity index (χ2v) is 9.45. The zero-order valence-corrected chi connectivity index (χ0v) is 21.7. The Bertz CT molecular complexity index is 1430. The molecule has 0 saturated carbocycles. The summed E-state index contributed by atoms with van der Waals surface area (Å²) in [5.41, 5.74) is 4.70. The molecule has 1 fully saturated rings. The normalized spacial score (nSPS) is 16.3. The molecule has 3 heterocycles. The minimum atomic E-state index is -0.655. The number of benzene rings is 2. The lowest BCUT2D eigenvalue weighted by Crippen LogP contribution is -2.43. The monoisotopic (exact) mass is 526 g/mol. The summed E-state index contributed by atoms with van der Waals surface area (Å²) in [7, 11) is 0. The van der Waals surface area contributed by atoms with Gasteiger partial charge in [-0.2, -0.15) is 0 Å². The Morgan fingerprint density at radius 1 is 1.13 bits per heavy atom. The van der Waals surface area contributed by atoms with E-state index in [4.69, 9.17) is 14.0 Å². The van der Waals surface area contributed by atoms with E-state index in [9.17, 15) is 9.90 Å². The predicted molar refractivity (Wildman–Crippen MR) is 143 cm³/mol. The van der Waals surface area contributed by atoms with Crippen molar-refractivity contribution in [2.45, 2.75) is 32.2 Å². The van der Waals surface area contributed by atoms with Crippen LogP contribution in [-0.2, 0) is 27.4 Å². The Morgan fingerprint density at radius 2 is 1.87 bits per heavy atom. The van der Waals surface area contributed by atoms with Gasteiger partial charge in [0.25, 0.3) is 6.47 Å². The SMILES string of the molecule is C[C@H](O)c1nccn1Cc1cc(-c2ccc(C#Cc3ccc(CN4CCOC(COC=O)C4)cc3)cc2)on1. The highest BCUT2D eigenvalue weighted by molar-refractivity contribution is 5.59. The first-order chi connectivity index (χ1) is 19.1. The summed E-state index contributed by atoms with van der Waals surface area (Å²) in [5, 5.41) is 14.0.